The fraction of sp³-hybridized carbons (Fsp3) is 0.588. The van der Waals surface area contributed by atoms with Crippen LogP contribution in [0, 0.1) is 11.3 Å². The summed E-state index contributed by atoms with van der Waals surface area (Å²) in [6.45, 7) is 0.899. The van der Waals surface area contributed by atoms with E-state index in [0.717, 1.165) is 30.5 Å². The lowest BCUT2D eigenvalue weighted by molar-refractivity contribution is -0.166. The molecule has 2 heterocycles. The molecule has 0 unspecified atom stereocenters. The number of ether oxygens (including phenoxy) is 1. The number of nitrogens with zero attached hydrogens (tertiary/aromatic N) is 1. The number of hydrogen-bond donors (Lipinski definition) is 2. The van der Waals surface area contributed by atoms with E-state index >= 15 is 0 Å². The van der Waals surface area contributed by atoms with E-state index in [2.05, 4.69) is 11.9 Å². The fourth-order valence-electron chi connectivity index (χ4n) is 5.32. The van der Waals surface area contributed by atoms with Gasteiger partial charge in [0, 0.05) is 24.0 Å². The lowest BCUT2D eigenvalue weighted by Gasteiger charge is -2.56. The second-order valence-corrected chi connectivity index (χ2v) is 7.28. The van der Waals surface area contributed by atoms with Gasteiger partial charge in [0.05, 0.1) is 5.41 Å². The maximum absolute atomic E-state index is 12.4. The monoisotopic (exact) mass is 301 g/mol. The Kier molecular flexibility index (Phi) is 2.21. The average molecular weight is 301 g/mol. The first kappa shape index (κ1) is 13.0. The van der Waals surface area contributed by atoms with Crippen molar-refractivity contribution in [2.75, 3.05) is 13.6 Å². The van der Waals surface area contributed by atoms with Crippen molar-refractivity contribution in [2.45, 2.75) is 37.2 Å². The smallest absolute Gasteiger partial charge is 0.226 e. The van der Waals surface area contributed by atoms with Gasteiger partial charge in [0.2, 0.25) is 5.79 Å². The minimum absolute atomic E-state index is 0.0500. The molecule has 5 nitrogen and oxygen atoms in total. The van der Waals surface area contributed by atoms with Crippen LogP contribution >= 0.6 is 0 Å². The van der Waals surface area contributed by atoms with E-state index in [1.165, 1.54) is 0 Å². The quantitative estimate of drug-likeness (QED) is 0.638. The van der Waals surface area contributed by atoms with Gasteiger partial charge in [-0.05, 0) is 38.1 Å². The van der Waals surface area contributed by atoms with Crippen molar-refractivity contribution in [3.05, 3.63) is 35.1 Å². The maximum Gasteiger partial charge on any atom is 0.226 e. The number of rotatable bonds is 0. The molecule has 5 aliphatic rings. The van der Waals surface area contributed by atoms with Crippen LogP contribution in [0.3, 0.4) is 0 Å². The van der Waals surface area contributed by atoms with Crippen molar-refractivity contribution < 1.29 is 19.7 Å². The Morgan fingerprint density at radius 1 is 1.41 bits per heavy atom. The normalized spacial score (nSPS) is 44.6. The second-order valence-electron chi connectivity index (χ2n) is 7.28. The zero-order chi connectivity index (χ0) is 15.3. The van der Waals surface area contributed by atoms with Crippen LogP contribution in [0.5, 0.6) is 0 Å². The third-order valence-corrected chi connectivity index (χ3v) is 6.32. The molecule has 2 fully saturated rings. The van der Waals surface area contributed by atoms with Gasteiger partial charge in [-0.2, -0.15) is 0 Å². The molecule has 0 aromatic carbocycles. The SMILES string of the molecule is CN1CC[C@]23C4=C5O[C@H]2C(=O)C=C[C@H]3[C@H]1CC4=CCC5(O)O. The van der Waals surface area contributed by atoms with Crippen LogP contribution < -0.4 is 0 Å². The van der Waals surface area contributed by atoms with E-state index in [4.69, 9.17) is 4.74 Å². The minimum atomic E-state index is -1.98. The van der Waals surface area contributed by atoms with Gasteiger partial charge in [-0.15, -0.1) is 0 Å². The highest BCUT2D eigenvalue weighted by Crippen LogP contribution is 2.65. The van der Waals surface area contributed by atoms with E-state index in [9.17, 15) is 15.0 Å². The summed E-state index contributed by atoms with van der Waals surface area (Å²) in [5.41, 5.74) is 1.66. The highest BCUT2D eigenvalue weighted by molar-refractivity contribution is 5.97. The number of carbonyl (C=O) groups excluding carboxylic acids is 1. The molecule has 5 rings (SSSR count). The van der Waals surface area contributed by atoms with Crippen molar-refractivity contribution in [2.24, 2.45) is 11.3 Å². The van der Waals surface area contributed by atoms with E-state index in [0.29, 0.717) is 6.04 Å². The molecule has 0 aromatic rings. The Hall–Kier alpha value is -1.43. The largest absolute Gasteiger partial charge is 0.480 e. The second kappa shape index (κ2) is 3.72. The summed E-state index contributed by atoms with van der Waals surface area (Å²) < 4.78 is 5.91. The molecule has 116 valence electrons. The van der Waals surface area contributed by atoms with Crippen LogP contribution in [0.2, 0.25) is 0 Å². The van der Waals surface area contributed by atoms with Crippen LogP contribution in [0.15, 0.2) is 35.1 Å². The van der Waals surface area contributed by atoms with Crippen molar-refractivity contribution in [1.82, 2.24) is 4.90 Å². The third kappa shape index (κ3) is 1.26. The molecule has 5 heteroatoms. The number of hydrogen-bond acceptors (Lipinski definition) is 5. The number of piperidine rings is 1. The van der Waals surface area contributed by atoms with Crippen LogP contribution in [-0.4, -0.2) is 52.4 Å². The summed E-state index contributed by atoms with van der Waals surface area (Å²) in [5.74, 6) is -1.59. The summed E-state index contributed by atoms with van der Waals surface area (Å²) in [6, 6.07) is 0.350. The molecule has 2 bridgehead atoms. The first-order valence-corrected chi connectivity index (χ1v) is 7.93. The van der Waals surface area contributed by atoms with Gasteiger partial charge < -0.3 is 19.8 Å². The number of carbonyl (C=O) groups is 1. The van der Waals surface area contributed by atoms with Gasteiger partial charge in [-0.3, -0.25) is 4.79 Å². The summed E-state index contributed by atoms with van der Waals surface area (Å²) >= 11 is 0. The standard InChI is InChI=1S/C17H19NO4/c1-18-7-6-16-10-2-3-12(19)14(16)22-15-13(16)9(8-11(10)18)4-5-17(15,20)21/h2-4,10-11,14,20-21H,5-8H2,1H3/t10-,11+,14-,16-/m0/s1. The van der Waals surface area contributed by atoms with Crippen molar-refractivity contribution in [3.8, 4) is 0 Å². The molecule has 4 atom stereocenters. The molecule has 22 heavy (non-hydrogen) atoms. The average Bonchev–Trinajstić information content (AvgIpc) is 2.83. The summed E-state index contributed by atoms with van der Waals surface area (Å²) in [6.07, 6.45) is 6.82. The van der Waals surface area contributed by atoms with Crippen LogP contribution in [0.4, 0.5) is 0 Å². The van der Waals surface area contributed by atoms with Gasteiger partial charge in [0.15, 0.2) is 17.6 Å². The predicted molar refractivity (Wildman–Crippen MR) is 77.5 cm³/mol. The Morgan fingerprint density at radius 2 is 2.23 bits per heavy atom. The first-order chi connectivity index (χ1) is 10.4. The molecule has 0 aromatic heterocycles. The molecule has 3 aliphatic carbocycles. The lowest BCUT2D eigenvalue weighted by atomic mass is 9.51. The molecule has 1 saturated carbocycles. The molecule has 2 N–H and O–H groups in total. The van der Waals surface area contributed by atoms with Crippen molar-refractivity contribution >= 4 is 5.78 Å². The Morgan fingerprint density at radius 3 is 3.05 bits per heavy atom. The molecule has 0 radical (unpaired) electrons. The van der Waals surface area contributed by atoms with Crippen LogP contribution in [0.1, 0.15) is 19.3 Å². The van der Waals surface area contributed by atoms with Gasteiger partial charge in [0.25, 0.3) is 0 Å². The Bertz CT molecular complexity index is 689. The number of aliphatic hydroxyl groups is 2. The fourth-order valence-corrected chi connectivity index (χ4v) is 5.32. The summed E-state index contributed by atoms with van der Waals surface area (Å²) in [5, 5.41) is 20.7. The Balaban J connectivity index is 1.80. The van der Waals surface area contributed by atoms with Gasteiger partial charge in [-0.25, -0.2) is 0 Å². The number of likely N-dealkylation sites (tertiary alicyclic amines) is 1. The topological polar surface area (TPSA) is 70.0 Å². The highest BCUT2D eigenvalue weighted by Gasteiger charge is 2.67. The van der Waals surface area contributed by atoms with Gasteiger partial charge >= 0.3 is 0 Å². The molecular weight excluding hydrogens is 282 g/mol. The minimum Gasteiger partial charge on any atom is -0.480 e. The van der Waals surface area contributed by atoms with E-state index in [-0.39, 0.29) is 23.9 Å². The van der Waals surface area contributed by atoms with Gasteiger partial charge in [-0.1, -0.05) is 12.2 Å². The van der Waals surface area contributed by atoms with E-state index < -0.39 is 17.3 Å². The van der Waals surface area contributed by atoms with E-state index in [1.807, 2.05) is 12.2 Å². The van der Waals surface area contributed by atoms with Crippen molar-refractivity contribution in [3.63, 3.8) is 0 Å². The zero-order valence-corrected chi connectivity index (χ0v) is 12.5. The zero-order valence-electron chi connectivity index (χ0n) is 12.5. The van der Waals surface area contributed by atoms with Gasteiger partial charge in [0.1, 0.15) is 0 Å². The lowest BCUT2D eigenvalue weighted by Crippen LogP contribution is -2.61. The first-order valence-electron chi connectivity index (χ1n) is 7.93. The van der Waals surface area contributed by atoms with Crippen molar-refractivity contribution in [1.29, 1.82) is 0 Å². The molecule has 1 saturated heterocycles. The maximum atomic E-state index is 12.4. The summed E-state index contributed by atoms with van der Waals surface area (Å²) in [7, 11) is 2.13. The number of ketones is 1. The predicted octanol–water partition coefficient (Wildman–Crippen LogP) is 0.500. The molecular formula is C17H19NO4. The third-order valence-electron chi connectivity index (χ3n) is 6.32. The van der Waals surface area contributed by atoms with Crippen LogP contribution in [0.25, 0.3) is 0 Å². The Labute approximate surface area is 128 Å². The molecule has 2 aliphatic heterocycles. The van der Waals surface area contributed by atoms with Crippen LogP contribution in [-0.2, 0) is 9.53 Å². The summed E-state index contributed by atoms with van der Waals surface area (Å²) in [4.78, 5) is 14.8. The highest BCUT2D eigenvalue weighted by atomic mass is 16.6. The molecule has 1 spiro atoms. The van der Waals surface area contributed by atoms with E-state index in [1.54, 1.807) is 6.08 Å². The molecule has 0 amide bonds.